The first-order chi connectivity index (χ1) is 4.39. The fourth-order valence-corrected chi connectivity index (χ4v) is 0.299. The van der Waals surface area contributed by atoms with Crippen LogP contribution in [0.1, 0.15) is 0 Å². The molecular formula is C4H4F5N. The molecule has 0 saturated carbocycles. The second-order valence-electron chi connectivity index (χ2n) is 1.53. The molecule has 0 aliphatic rings. The van der Waals surface area contributed by atoms with Gasteiger partial charge in [-0.2, -0.15) is 13.2 Å². The lowest BCUT2D eigenvalue weighted by molar-refractivity contribution is -0.160. The molecule has 0 heterocycles. The molecule has 0 saturated heterocycles. The van der Waals surface area contributed by atoms with Gasteiger partial charge in [0.1, 0.15) is 5.83 Å². The molecule has 1 atom stereocenters. The Morgan fingerprint density at radius 3 is 1.80 bits per heavy atom. The predicted molar refractivity (Wildman–Crippen MR) is 24.3 cm³/mol. The van der Waals surface area contributed by atoms with Gasteiger partial charge in [0.05, 0.1) is 0 Å². The third kappa shape index (κ3) is 2.30. The monoisotopic (exact) mass is 161 g/mol. The lowest BCUT2D eigenvalue weighted by Gasteiger charge is -2.13. The van der Waals surface area contributed by atoms with Crippen molar-refractivity contribution in [2.75, 3.05) is 0 Å². The smallest absolute Gasteiger partial charge is 0.210 e. The average Bonchev–Trinajstić information content (AvgIpc) is 1.60. The highest BCUT2D eigenvalue weighted by molar-refractivity contribution is 4.98. The van der Waals surface area contributed by atoms with Crippen molar-refractivity contribution < 1.29 is 22.0 Å². The van der Waals surface area contributed by atoms with E-state index in [1.807, 2.05) is 0 Å². The van der Waals surface area contributed by atoms with Gasteiger partial charge in [-0.05, 0) is 0 Å². The van der Waals surface area contributed by atoms with Gasteiger partial charge >= 0.3 is 6.18 Å². The molecule has 1 nitrogen and oxygen atoms in total. The Hall–Kier alpha value is -0.650. The zero-order valence-electron chi connectivity index (χ0n) is 4.67. The van der Waals surface area contributed by atoms with Gasteiger partial charge in [0.15, 0.2) is 6.04 Å². The maximum Gasteiger partial charge on any atom is 0.412 e. The van der Waals surface area contributed by atoms with E-state index in [2.05, 4.69) is 6.58 Å². The topological polar surface area (TPSA) is 12.0 Å². The van der Waals surface area contributed by atoms with Crippen molar-refractivity contribution in [2.24, 2.45) is 0 Å². The minimum Gasteiger partial charge on any atom is -0.210 e. The second-order valence-corrected chi connectivity index (χ2v) is 1.53. The van der Waals surface area contributed by atoms with E-state index in [1.54, 1.807) is 0 Å². The molecule has 60 valence electrons. The van der Waals surface area contributed by atoms with Crippen LogP contribution in [0.15, 0.2) is 12.4 Å². The van der Waals surface area contributed by atoms with Crippen LogP contribution in [0, 0.1) is 0 Å². The van der Waals surface area contributed by atoms with Crippen LogP contribution >= 0.6 is 0 Å². The Labute approximate surface area is 53.5 Å². The van der Waals surface area contributed by atoms with Crippen molar-refractivity contribution in [3.8, 4) is 0 Å². The summed E-state index contributed by atoms with van der Waals surface area (Å²) in [6.07, 6.45) is -4.97. The Morgan fingerprint density at radius 1 is 1.40 bits per heavy atom. The summed E-state index contributed by atoms with van der Waals surface area (Å²) >= 11 is 0. The lowest BCUT2D eigenvalue weighted by atomic mass is 10.3. The first-order valence-corrected chi connectivity index (χ1v) is 2.16. The first kappa shape index (κ1) is 9.35. The van der Waals surface area contributed by atoms with Gasteiger partial charge in [-0.3, -0.25) is 0 Å². The third-order valence-corrected chi connectivity index (χ3v) is 0.750. The second kappa shape index (κ2) is 2.96. The molecule has 0 radical (unpaired) electrons. The zero-order valence-corrected chi connectivity index (χ0v) is 4.67. The van der Waals surface area contributed by atoms with Crippen LogP contribution in [-0.4, -0.2) is 12.2 Å². The van der Waals surface area contributed by atoms with Crippen molar-refractivity contribution in [2.45, 2.75) is 12.2 Å². The minimum absolute atomic E-state index is 0.242. The van der Waals surface area contributed by atoms with Crippen LogP contribution in [0.4, 0.5) is 22.0 Å². The summed E-state index contributed by atoms with van der Waals surface area (Å²) in [5, 5.41) is 0. The molecule has 0 aromatic rings. The van der Waals surface area contributed by atoms with Crippen LogP contribution in [0.25, 0.3) is 0 Å². The van der Waals surface area contributed by atoms with E-state index in [0.717, 1.165) is 0 Å². The van der Waals surface area contributed by atoms with Gasteiger partial charge in [0.25, 0.3) is 0 Å². The van der Waals surface area contributed by atoms with E-state index in [-0.39, 0.29) is 5.54 Å². The molecule has 0 spiro atoms. The molecule has 0 aliphatic carbocycles. The Balaban J connectivity index is 4.22. The summed E-state index contributed by atoms with van der Waals surface area (Å²) in [6, 6.07) is -2.91. The zero-order chi connectivity index (χ0) is 8.36. The van der Waals surface area contributed by atoms with Crippen LogP contribution in [0.2, 0.25) is 0 Å². The first-order valence-electron chi connectivity index (χ1n) is 2.16. The van der Waals surface area contributed by atoms with E-state index in [4.69, 9.17) is 0 Å². The molecule has 0 rings (SSSR count). The maximum atomic E-state index is 11.6. The fraction of sp³-hybridized carbons (Fsp3) is 0.500. The van der Waals surface area contributed by atoms with Crippen LogP contribution in [0.3, 0.4) is 0 Å². The number of halogens is 5. The molecule has 0 aromatic heterocycles. The minimum atomic E-state index is -4.97. The molecule has 0 aromatic carbocycles. The van der Waals surface area contributed by atoms with Crippen LogP contribution < -0.4 is 5.54 Å². The summed E-state index contributed by atoms with van der Waals surface area (Å²) in [6.45, 7) is 2.30. The number of hydrogen-bond acceptors (Lipinski definition) is 1. The summed E-state index contributed by atoms with van der Waals surface area (Å²) in [7, 11) is 0. The van der Waals surface area contributed by atoms with Gasteiger partial charge in [0.2, 0.25) is 0 Å². The standard InChI is InChI=1S/C4H4F5N/c1-2(5)3(10-9)4(6,7)8/h3,10H,1H2. The van der Waals surface area contributed by atoms with Crippen LogP contribution in [-0.2, 0) is 0 Å². The van der Waals surface area contributed by atoms with Gasteiger partial charge in [-0.1, -0.05) is 6.58 Å². The summed E-state index contributed by atoms with van der Waals surface area (Å²) in [4.78, 5) is 0. The Bertz CT molecular complexity index is 128. The molecule has 1 N–H and O–H groups in total. The Kier molecular flexibility index (Phi) is 2.77. The van der Waals surface area contributed by atoms with Crippen molar-refractivity contribution >= 4 is 0 Å². The number of alkyl halides is 3. The largest absolute Gasteiger partial charge is 0.412 e. The molecule has 0 amide bonds. The Morgan fingerprint density at radius 2 is 1.80 bits per heavy atom. The summed E-state index contributed by atoms with van der Waals surface area (Å²) < 4.78 is 56.9. The number of hydrogen-bond donors (Lipinski definition) is 1. The van der Waals surface area contributed by atoms with E-state index in [0.29, 0.717) is 0 Å². The highest BCUT2D eigenvalue weighted by Gasteiger charge is 2.42. The van der Waals surface area contributed by atoms with Crippen molar-refractivity contribution in [1.29, 1.82) is 0 Å². The van der Waals surface area contributed by atoms with Crippen molar-refractivity contribution in [3.05, 3.63) is 12.4 Å². The van der Waals surface area contributed by atoms with E-state index in [9.17, 15) is 22.0 Å². The normalized spacial score (nSPS) is 14.9. The molecule has 1 unspecified atom stereocenters. The van der Waals surface area contributed by atoms with Gasteiger partial charge < -0.3 is 0 Å². The van der Waals surface area contributed by atoms with Crippen LogP contribution in [0.5, 0.6) is 0 Å². The molecule has 6 heteroatoms. The molecular weight excluding hydrogens is 157 g/mol. The van der Waals surface area contributed by atoms with E-state index >= 15 is 0 Å². The predicted octanol–water partition coefficient (Wildman–Crippen LogP) is 1.87. The van der Waals surface area contributed by atoms with Gasteiger partial charge in [0, 0.05) is 0 Å². The number of nitrogens with one attached hydrogen (secondary N) is 1. The molecule has 10 heavy (non-hydrogen) atoms. The van der Waals surface area contributed by atoms with E-state index < -0.39 is 18.0 Å². The highest BCUT2D eigenvalue weighted by atomic mass is 19.4. The van der Waals surface area contributed by atoms with Gasteiger partial charge in [-0.15, -0.1) is 10.0 Å². The number of rotatable bonds is 2. The maximum absolute atomic E-state index is 11.6. The molecule has 0 aliphatic heterocycles. The van der Waals surface area contributed by atoms with Crippen molar-refractivity contribution in [3.63, 3.8) is 0 Å². The average molecular weight is 161 g/mol. The van der Waals surface area contributed by atoms with E-state index in [1.165, 1.54) is 0 Å². The summed E-state index contributed by atoms with van der Waals surface area (Å²) in [5.41, 5.74) is 0.242. The quantitative estimate of drug-likeness (QED) is 0.481. The lowest BCUT2D eigenvalue weighted by Crippen LogP contribution is -2.38. The highest BCUT2D eigenvalue weighted by Crippen LogP contribution is 2.24. The fourth-order valence-electron chi connectivity index (χ4n) is 0.299. The van der Waals surface area contributed by atoms with Gasteiger partial charge in [-0.25, -0.2) is 4.39 Å². The summed E-state index contributed by atoms with van der Waals surface area (Å²) in [5.74, 6) is -1.80. The molecule has 0 bridgehead atoms. The third-order valence-electron chi connectivity index (χ3n) is 0.750. The molecule has 0 fully saturated rings. The SMILES string of the molecule is C=C(F)C(NF)C(F)(F)F. The van der Waals surface area contributed by atoms with Crippen molar-refractivity contribution in [1.82, 2.24) is 5.54 Å².